The highest BCUT2D eigenvalue weighted by Crippen LogP contribution is 2.28. The number of thioether (sulfide) groups is 1. The van der Waals surface area contributed by atoms with Crippen molar-refractivity contribution >= 4 is 23.4 Å². The first kappa shape index (κ1) is 13.9. The fraction of sp³-hybridized carbons (Fsp3) is 0.600. The molecule has 1 rings (SSSR count). The van der Waals surface area contributed by atoms with Gasteiger partial charge in [-0.3, -0.25) is 0 Å². The summed E-state index contributed by atoms with van der Waals surface area (Å²) in [4.78, 5) is 8.13. The topological polar surface area (TPSA) is 85.1 Å². The summed E-state index contributed by atoms with van der Waals surface area (Å²) < 4.78 is 5.24. The minimum atomic E-state index is 0.300. The van der Waals surface area contributed by atoms with Gasteiger partial charge in [-0.25, -0.2) is 15.8 Å². The average molecular weight is 257 g/mol. The van der Waals surface area contributed by atoms with Gasteiger partial charge in [-0.2, -0.15) is 11.8 Å². The van der Waals surface area contributed by atoms with E-state index >= 15 is 0 Å². The van der Waals surface area contributed by atoms with Gasteiger partial charge in [0.25, 0.3) is 0 Å². The molecule has 0 saturated carbocycles. The maximum absolute atomic E-state index is 5.35. The first-order chi connectivity index (χ1) is 8.22. The summed E-state index contributed by atoms with van der Waals surface area (Å²) in [6, 6.07) is 0.300. The molecular formula is C10H19N5OS. The summed E-state index contributed by atoms with van der Waals surface area (Å²) in [7, 11) is 1.57. The number of hydrogen-bond donors (Lipinski definition) is 3. The first-order valence-corrected chi connectivity index (χ1v) is 6.58. The largest absolute Gasteiger partial charge is 0.490 e. The molecule has 6 nitrogen and oxygen atoms in total. The van der Waals surface area contributed by atoms with Gasteiger partial charge in [0.15, 0.2) is 11.6 Å². The van der Waals surface area contributed by atoms with E-state index in [1.807, 2.05) is 11.8 Å². The van der Waals surface area contributed by atoms with Gasteiger partial charge in [-0.1, -0.05) is 6.92 Å². The smallest absolute Gasteiger partial charge is 0.205 e. The van der Waals surface area contributed by atoms with Crippen molar-refractivity contribution in [3.05, 3.63) is 6.33 Å². The Kier molecular flexibility index (Phi) is 5.85. The van der Waals surface area contributed by atoms with Crippen molar-refractivity contribution in [2.45, 2.75) is 19.9 Å². The number of nitrogen functional groups attached to an aromatic ring is 1. The zero-order valence-corrected chi connectivity index (χ0v) is 11.2. The SMILES string of the molecule is CCSCC(C)Nc1ncnc(NN)c1OC. The lowest BCUT2D eigenvalue weighted by molar-refractivity contribution is 0.414. The van der Waals surface area contributed by atoms with Crippen molar-refractivity contribution < 1.29 is 4.74 Å². The lowest BCUT2D eigenvalue weighted by Gasteiger charge is -2.17. The van der Waals surface area contributed by atoms with E-state index in [0.717, 1.165) is 11.5 Å². The Morgan fingerprint density at radius 2 is 2.18 bits per heavy atom. The van der Waals surface area contributed by atoms with Crippen LogP contribution >= 0.6 is 11.8 Å². The molecule has 0 aliphatic carbocycles. The second kappa shape index (κ2) is 7.18. The number of rotatable bonds is 7. The van der Waals surface area contributed by atoms with E-state index in [2.05, 4.69) is 34.6 Å². The number of nitrogens with two attached hydrogens (primary N) is 1. The lowest BCUT2D eigenvalue weighted by Crippen LogP contribution is -2.20. The summed E-state index contributed by atoms with van der Waals surface area (Å²) in [6.07, 6.45) is 1.44. The highest BCUT2D eigenvalue weighted by Gasteiger charge is 2.13. The number of hydrogen-bond acceptors (Lipinski definition) is 7. The van der Waals surface area contributed by atoms with Crippen molar-refractivity contribution in [1.82, 2.24) is 9.97 Å². The van der Waals surface area contributed by atoms with E-state index in [1.54, 1.807) is 7.11 Å². The monoisotopic (exact) mass is 257 g/mol. The fourth-order valence-electron chi connectivity index (χ4n) is 1.34. The van der Waals surface area contributed by atoms with Crippen molar-refractivity contribution in [3.63, 3.8) is 0 Å². The van der Waals surface area contributed by atoms with Crippen molar-refractivity contribution in [1.29, 1.82) is 0 Å². The van der Waals surface area contributed by atoms with Gasteiger partial charge in [-0.05, 0) is 12.7 Å². The Hall–Kier alpha value is -1.21. The minimum absolute atomic E-state index is 0.300. The van der Waals surface area contributed by atoms with Crippen LogP contribution in [0.15, 0.2) is 6.33 Å². The van der Waals surface area contributed by atoms with Crippen LogP contribution < -0.4 is 21.3 Å². The molecule has 0 aliphatic heterocycles. The molecule has 17 heavy (non-hydrogen) atoms. The molecule has 1 aromatic heterocycles. The standard InChI is InChI=1S/C10H19N5OS/c1-4-17-5-7(2)14-9-8(16-3)10(15-11)13-6-12-9/h6-7H,4-5,11H2,1-3H3,(H2,12,13,14,15). The van der Waals surface area contributed by atoms with Crippen LogP contribution in [0.4, 0.5) is 11.6 Å². The number of methoxy groups -OCH3 is 1. The van der Waals surface area contributed by atoms with E-state index in [0.29, 0.717) is 23.4 Å². The Morgan fingerprint density at radius 3 is 2.76 bits per heavy atom. The summed E-state index contributed by atoms with van der Waals surface area (Å²) in [6.45, 7) is 4.23. The minimum Gasteiger partial charge on any atom is -0.490 e. The molecule has 0 amide bonds. The number of anilines is 2. The lowest BCUT2D eigenvalue weighted by atomic mass is 10.3. The van der Waals surface area contributed by atoms with Crippen LogP contribution in [-0.4, -0.2) is 34.6 Å². The van der Waals surface area contributed by atoms with E-state index in [-0.39, 0.29) is 0 Å². The number of hydrazine groups is 1. The molecule has 0 bridgehead atoms. The average Bonchev–Trinajstić information content (AvgIpc) is 2.35. The predicted molar refractivity (Wildman–Crippen MR) is 72.5 cm³/mol. The summed E-state index contributed by atoms with van der Waals surface area (Å²) in [5.74, 6) is 9.12. The third kappa shape index (κ3) is 3.94. The summed E-state index contributed by atoms with van der Waals surface area (Å²) >= 11 is 1.87. The Bertz CT molecular complexity index is 349. The van der Waals surface area contributed by atoms with Gasteiger partial charge in [-0.15, -0.1) is 0 Å². The van der Waals surface area contributed by atoms with Crippen molar-refractivity contribution in [2.24, 2.45) is 5.84 Å². The molecule has 96 valence electrons. The van der Waals surface area contributed by atoms with E-state index in [4.69, 9.17) is 10.6 Å². The zero-order valence-electron chi connectivity index (χ0n) is 10.4. The van der Waals surface area contributed by atoms with Gasteiger partial charge in [0, 0.05) is 11.8 Å². The van der Waals surface area contributed by atoms with Crippen molar-refractivity contribution in [3.8, 4) is 5.75 Å². The maximum Gasteiger partial charge on any atom is 0.205 e. The molecule has 1 aromatic rings. The summed E-state index contributed by atoms with van der Waals surface area (Å²) in [5.41, 5.74) is 2.48. The van der Waals surface area contributed by atoms with E-state index < -0.39 is 0 Å². The fourth-order valence-corrected chi connectivity index (χ4v) is 2.01. The van der Waals surface area contributed by atoms with Gasteiger partial charge >= 0.3 is 0 Å². The molecule has 0 aromatic carbocycles. The Balaban J connectivity index is 2.75. The number of nitrogens with zero attached hydrogens (tertiary/aromatic N) is 2. The van der Waals surface area contributed by atoms with Crippen molar-refractivity contribution in [2.75, 3.05) is 29.4 Å². The van der Waals surface area contributed by atoms with E-state index in [9.17, 15) is 0 Å². The van der Waals surface area contributed by atoms with Crippen LogP contribution in [0.2, 0.25) is 0 Å². The molecule has 4 N–H and O–H groups in total. The molecule has 0 radical (unpaired) electrons. The molecule has 0 spiro atoms. The van der Waals surface area contributed by atoms with Gasteiger partial charge in [0.05, 0.1) is 7.11 Å². The third-order valence-corrected chi connectivity index (χ3v) is 3.24. The zero-order chi connectivity index (χ0) is 12.7. The summed E-state index contributed by atoms with van der Waals surface area (Å²) in [5, 5.41) is 3.28. The second-order valence-electron chi connectivity index (χ2n) is 3.45. The van der Waals surface area contributed by atoms with E-state index in [1.165, 1.54) is 6.33 Å². The Labute approximate surface area is 106 Å². The predicted octanol–water partition coefficient (Wildman–Crippen LogP) is 1.32. The van der Waals surface area contributed by atoms with Gasteiger partial charge in [0.2, 0.25) is 5.75 Å². The van der Waals surface area contributed by atoms with Crippen LogP contribution in [0.3, 0.4) is 0 Å². The highest BCUT2D eigenvalue weighted by atomic mass is 32.2. The first-order valence-electron chi connectivity index (χ1n) is 5.42. The highest BCUT2D eigenvalue weighted by molar-refractivity contribution is 7.99. The van der Waals surface area contributed by atoms with Crippen LogP contribution in [0.5, 0.6) is 5.75 Å². The molecule has 1 heterocycles. The molecule has 0 aliphatic rings. The van der Waals surface area contributed by atoms with Crippen LogP contribution in [-0.2, 0) is 0 Å². The Morgan fingerprint density at radius 1 is 1.47 bits per heavy atom. The normalized spacial score (nSPS) is 12.0. The molecule has 0 fully saturated rings. The van der Waals surface area contributed by atoms with Crippen LogP contribution in [0.1, 0.15) is 13.8 Å². The number of aromatic nitrogens is 2. The molecule has 7 heteroatoms. The third-order valence-electron chi connectivity index (χ3n) is 2.10. The van der Waals surface area contributed by atoms with Gasteiger partial charge < -0.3 is 15.5 Å². The molecular weight excluding hydrogens is 238 g/mol. The molecule has 0 saturated heterocycles. The molecule has 1 atom stereocenters. The second-order valence-corrected chi connectivity index (χ2v) is 4.77. The maximum atomic E-state index is 5.35. The van der Waals surface area contributed by atoms with Gasteiger partial charge in [0.1, 0.15) is 6.33 Å². The quantitative estimate of drug-likeness (QED) is 0.502. The molecule has 1 unspecified atom stereocenters. The van der Waals surface area contributed by atoms with Crippen LogP contribution in [0, 0.1) is 0 Å². The van der Waals surface area contributed by atoms with Crippen LogP contribution in [0.25, 0.3) is 0 Å². The number of ether oxygens (including phenoxy) is 1. The number of nitrogens with one attached hydrogen (secondary N) is 2.